The van der Waals surface area contributed by atoms with Gasteiger partial charge in [-0.25, -0.2) is 14.8 Å². The van der Waals surface area contributed by atoms with Crippen LogP contribution >= 0.6 is 0 Å². The van der Waals surface area contributed by atoms with E-state index in [1.165, 1.54) is 5.56 Å². The molecule has 16 nitrogen and oxygen atoms in total. The van der Waals surface area contributed by atoms with Gasteiger partial charge in [0.2, 0.25) is 12.3 Å². The van der Waals surface area contributed by atoms with Crippen LogP contribution in [-0.2, 0) is 9.59 Å². The van der Waals surface area contributed by atoms with E-state index in [4.69, 9.17) is 15.2 Å². The summed E-state index contributed by atoms with van der Waals surface area (Å²) >= 11 is 0. The predicted molar refractivity (Wildman–Crippen MR) is 233 cm³/mol. The second kappa shape index (κ2) is 16.8. The number of allylic oxidation sites excluding steroid dienone is 1. The van der Waals surface area contributed by atoms with Crippen LogP contribution < -0.4 is 26.2 Å². The van der Waals surface area contributed by atoms with Gasteiger partial charge in [0.15, 0.2) is 22.9 Å². The molecular weight excluding hydrogens is 775 g/mol. The fraction of sp³-hybridized carbons (Fsp3) is 0.400. The first-order valence-electron chi connectivity index (χ1n) is 21.3. The number of amides is 5. The smallest absolute Gasteiger partial charge is 0.324 e. The molecular formula is C45H51N11O5. The summed E-state index contributed by atoms with van der Waals surface area (Å²) < 4.78 is 5.87. The predicted octanol–water partition coefficient (Wildman–Crippen LogP) is 5.65. The average molecular weight is 826 g/mol. The highest BCUT2D eigenvalue weighted by molar-refractivity contribution is 6.14. The molecule has 5 aromatic rings. The van der Waals surface area contributed by atoms with Gasteiger partial charge in [0.25, 0.3) is 5.91 Å². The van der Waals surface area contributed by atoms with Crippen LogP contribution in [0.3, 0.4) is 0 Å². The summed E-state index contributed by atoms with van der Waals surface area (Å²) in [4.78, 5) is 68.7. The molecule has 4 N–H and O–H groups in total. The van der Waals surface area contributed by atoms with Gasteiger partial charge in [0, 0.05) is 80.5 Å². The molecule has 3 fully saturated rings. The van der Waals surface area contributed by atoms with Crippen molar-refractivity contribution in [3.63, 3.8) is 0 Å². The van der Waals surface area contributed by atoms with E-state index in [0.717, 1.165) is 91.5 Å². The van der Waals surface area contributed by atoms with Crippen molar-refractivity contribution in [1.82, 2.24) is 35.1 Å². The molecule has 3 aromatic carbocycles. The summed E-state index contributed by atoms with van der Waals surface area (Å²) in [5.41, 5.74) is 11.1. The number of primary amides is 1. The van der Waals surface area contributed by atoms with E-state index in [1.807, 2.05) is 60.3 Å². The molecule has 4 aliphatic heterocycles. The van der Waals surface area contributed by atoms with Crippen LogP contribution in [0.15, 0.2) is 77.2 Å². The van der Waals surface area contributed by atoms with Crippen LogP contribution in [0, 0.1) is 0 Å². The van der Waals surface area contributed by atoms with E-state index in [1.54, 1.807) is 11.1 Å². The Morgan fingerprint density at radius 3 is 2.49 bits per heavy atom. The number of rotatable bonds is 13. The molecule has 1 atom stereocenters. The molecule has 0 bridgehead atoms. The maximum Gasteiger partial charge on any atom is 0.324 e. The number of likely N-dealkylation sites (tertiary alicyclic amines) is 1. The molecule has 1 unspecified atom stereocenters. The number of hydrogen-bond acceptors (Lipinski definition) is 12. The topological polar surface area (TPSA) is 186 Å². The van der Waals surface area contributed by atoms with Gasteiger partial charge in [-0.15, -0.1) is 0 Å². The normalized spacial score (nSPS) is 18.4. The number of carbonyl (C=O) groups is 4. The van der Waals surface area contributed by atoms with Gasteiger partial charge in [-0.05, 0) is 74.2 Å². The molecule has 2 aromatic heterocycles. The number of urea groups is 1. The zero-order valence-electron chi connectivity index (χ0n) is 34.5. The van der Waals surface area contributed by atoms with E-state index in [-0.39, 0.29) is 23.5 Å². The highest BCUT2D eigenvalue weighted by Crippen LogP contribution is 2.41. The van der Waals surface area contributed by atoms with Crippen LogP contribution in [0.4, 0.5) is 27.8 Å². The lowest BCUT2D eigenvalue weighted by Crippen LogP contribution is -2.60. The second-order valence-corrected chi connectivity index (χ2v) is 16.5. The van der Waals surface area contributed by atoms with E-state index in [0.29, 0.717) is 61.5 Å². The van der Waals surface area contributed by atoms with Gasteiger partial charge in [0.05, 0.1) is 17.5 Å². The minimum absolute atomic E-state index is 0.00195. The minimum Gasteiger partial charge on any atom is -0.368 e. The summed E-state index contributed by atoms with van der Waals surface area (Å²) in [7, 11) is 1.81. The van der Waals surface area contributed by atoms with Gasteiger partial charge >= 0.3 is 6.03 Å². The Balaban J connectivity index is 0.831. The fourth-order valence-electron chi connectivity index (χ4n) is 9.43. The van der Waals surface area contributed by atoms with Gasteiger partial charge < -0.3 is 30.3 Å². The first kappa shape index (κ1) is 39.9. The molecule has 0 spiro atoms. The number of benzene rings is 3. The van der Waals surface area contributed by atoms with Crippen molar-refractivity contribution in [2.24, 2.45) is 5.73 Å². The third kappa shape index (κ3) is 7.71. The van der Waals surface area contributed by atoms with Gasteiger partial charge in [-0.1, -0.05) is 54.9 Å². The molecule has 5 amide bonds. The van der Waals surface area contributed by atoms with Crippen molar-refractivity contribution in [2.75, 3.05) is 68.0 Å². The number of hydrogen-bond donors (Lipinski definition) is 3. The Hall–Kier alpha value is -6.55. The molecule has 316 valence electrons. The van der Waals surface area contributed by atoms with Crippen LogP contribution in [0.2, 0.25) is 0 Å². The largest absolute Gasteiger partial charge is 0.368 e. The van der Waals surface area contributed by atoms with E-state index >= 15 is 0 Å². The number of nitrogens with one attached hydrogen (secondary N) is 2. The molecule has 0 radical (unpaired) electrons. The second-order valence-electron chi connectivity index (χ2n) is 16.5. The lowest BCUT2D eigenvalue weighted by atomic mass is 9.88. The van der Waals surface area contributed by atoms with E-state index < -0.39 is 11.8 Å². The Bertz CT molecular complexity index is 2510. The maximum atomic E-state index is 12.9. The number of nitrogens with two attached hydrogens (primary N) is 1. The zero-order chi connectivity index (χ0) is 42.2. The molecule has 6 heterocycles. The molecule has 3 saturated heterocycles. The monoisotopic (exact) mass is 825 g/mol. The Labute approximate surface area is 353 Å². The summed E-state index contributed by atoms with van der Waals surface area (Å²) in [6, 6.07) is 19.0. The molecule has 0 saturated carbocycles. The SMILES string of the molecule is CCCC(C(=O)NC=O)c1noc2cc(N3CC(N4CCC(c5ccc(Nc6nc(N7C=C(N8CCN(C)C8=O)CCC7)cnc6C(N)=O)cc5)CC4)C3)c3ccccc3c12. The summed E-state index contributed by atoms with van der Waals surface area (Å²) in [5.74, 6) is -0.326. The van der Waals surface area contributed by atoms with Crippen LogP contribution in [0.5, 0.6) is 0 Å². The molecule has 4 aliphatic rings. The van der Waals surface area contributed by atoms with Crippen molar-refractivity contribution in [1.29, 1.82) is 0 Å². The number of imide groups is 1. The number of fused-ring (bicyclic) bond motifs is 3. The van der Waals surface area contributed by atoms with Crippen molar-refractivity contribution in [3.8, 4) is 0 Å². The quantitative estimate of drug-likeness (QED) is 0.124. The highest BCUT2D eigenvalue weighted by atomic mass is 16.5. The van der Waals surface area contributed by atoms with Crippen LogP contribution in [0.25, 0.3) is 21.7 Å². The van der Waals surface area contributed by atoms with Crippen LogP contribution in [-0.4, -0.2) is 113 Å². The van der Waals surface area contributed by atoms with E-state index in [2.05, 4.69) is 54.8 Å². The Morgan fingerprint density at radius 1 is 1.02 bits per heavy atom. The number of piperidine rings is 1. The van der Waals surface area contributed by atoms with Crippen molar-refractivity contribution in [2.45, 2.75) is 63.3 Å². The Kier molecular flexibility index (Phi) is 11.0. The number of likely N-dealkylation sites (N-methyl/N-ethyl adjacent to an activating group) is 1. The standard InChI is InChI=1S/C45H51N11O5/c1-3-7-35(44(59)48-27-57)40-39-34-10-5-4-9-33(34)36(22-37(39)61-51-40)55-25-32(26-55)53-18-15-29(16-19-53)28-11-13-30(14-12-28)49-43-41(42(46)58)47-23-38(50-43)54-17-6-8-31(24-54)56-21-20-52(2)45(56)60/h4-5,9-14,22-24,27,29,32,35H,3,6-8,15-21,25-26H2,1-2H3,(H2,46,58)(H,49,50)(H,48,57,59). The molecule has 0 aliphatic carbocycles. The van der Waals surface area contributed by atoms with Crippen molar-refractivity contribution < 1.29 is 23.7 Å². The average Bonchev–Trinajstić information content (AvgIpc) is 3.84. The number of aromatic nitrogens is 3. The lowest BCUT2D eigenvalue weighted by Gasteiger charge is -2.49. The third-order valence-electron chi connectivity index (χ3n) is 12.8. The zero-order valence-corrected chi connectivity index (χ0v) is 34.5. The lowest BCUT2D eigenvalue weighted by molar-refractivity contribution is -0.126. The van der Waals surface area contributed by atoms with Gasteiger partial charge in [-0.3, -0.25) is 29.5 Å². The van der Waals surface area contributed by atoms with Crippen molar-refractivity contribution in [3.05, 3.63) is 89.6 Å². The number of carbonyl (C=O) groups excluding carboxylic acids is 4. The summed E-state index contributed by atoms with van der Waals surface area (Å²) in [6.45, 7) is 7.90. The number of anilines is 4. The summed E-state index contributed by atoms with van der Waals surface area (Å²) in [6.07, 6.45) is 9.02. The molecule has 9 rings (SSSR count). The highest BCUT2D eigenvalue weighted by Gasteiger charge is 2.36. The summed E-state index contributed by atoms with van der Waals surface area (Å²) in [5, 5.41) is 12.9. The van der Waals surface area contributed by atoms with Crippen molar-refractivity contribution >= 4 is 69.0 Å². The maximum absolute atomic E-state index is 12.9. The van der Waals surface area contributed by atoms with Gasteiger partial charge in [-0.2, -0.15) is 0 Å². The Morgan fingerprint density at radius 2 is 1.79 bits per heavy atom. The third-order valence-corrected chi connectivity index (χ3v) is 12.8. The molecule has 16 heteroatoms. The number of nitrogens with zero attached hydrogens (tertiary/aromatic N) is 8. The minimum atomic E-state index is -0.668. The fourth-order valence-corrected chi connectivity index (χ4v) is 9.43. The van der Waals surface area contributed by atoms with Crippen LogP contribution in [0.1, 0.15) is 79.0 Å². The van der Waals surface area contributed by atoms with E-state index in [9.17, 15) is 19.2 Å². The van der Waals surface area contributed by atoms with Gasteiger partial charge in [0.1, 0.15) is 5.69 Å². The molecule has 61 heavy (non-hydrogen) atoms. The first-order chi connectivity index (χ1) is 29.7. The first-order valence-corrected chi connectivity index (χ1v) is 21.3.